The highest BCUT2D eigenvalue weighted by Crippen LogP contribution is 2.25. The fraction of sp³-hybridized carbons (Fsp3) is 0.435. The summed E-state index contributed by atoms with van der Waals surface area (Å²) in [5.74, 6) is 1.07. The largest absolute Gasteiger partial charge is 0.358 e. The lowest BCUT2D eigenvalue weighted by Crippen LogP contribution is -2.42. The van der Waals surface area contributed by atoms with Crippen molar-refractivity contribution in [2.45, 2.75) is 13.0 Å². The third kappa shape index (κ3) is 5.03. The first-order valence-electron chi connectivity index (χ1n) is 10.8. The van der Waals surface area contributed by atoms with Crippen LogP contribution in [-0.2, 0) is 11.3 Å². The summed E-state index contributed by atoms with van der Waals surface area (Å²) in [6.07, 6.45) is 4.35. The molecule has 31 heavy (non-hydrogen) atoms. The van der Waals surface area contributed by atoms with Gasteiger partial charge >= 0.3 is 0 Å². The van der Waals surface area contributed by atoms with Crippen LogP contribution in [0.2, 0.25) is 0 Å². The Balaban J connectivity index is 1.63. The van der Waals surface area contributed by atoms with Crippen molar-refractivity contribution in [1.82, 2.24) is 29.7 Å². The lowest BCUT2D eigenvalue weighted by Gasteiger charge is -2.27. The molecule has 3 heterocycles. The van der Waals surface area contributed by atoms with Crippen LogP contribution in [0.3, 0.4) is 0 Å². The Morgan fingerprint density at radius 1 is 1.19 bits per heavy atom. The van der Waals surface area contributed by atoms with E-state index in [1.54, 1.807) is 0 Å². The van der Waals surface area contributed by atoms with E-state index in [0.29, 0.717) is 26.1 Å². The highest BCUT2D eigenvalue weighted by molar-refractivity contribution is 5.78. The number of rotatable bonds is 3. The first-order chi connectivity index (χ1) is 15.0. The molecule has 4 rings (SSSR count). The number of hydrogen-bond acceptors (Lipinski definition) is 6. The van der Waals surface area contributed by atoms with Gasteiger partial charge in [0, 0.05) is 64.5 Å². The van der Waals surface area contributed by atoms with Crippen molar-refractivity contribution in [1.29, 1.82) is 0 Å². The summed E-state index contributed by atoms with van der Waals surface area (Å²) >= 11 is 0. The average molecular weight is 422 g/mol. The number of nitrogens with zero attached hydrogens (tertiary/aromatic N) is 6. The Morgan fingerprint density at radius 2 is 2.06 bits per heavy atom. The summed E-state index contributed by atoms with van der Waals surface area (Å²) < 4.78 is 1.81. The average Bonchev–Trinajstić information content (AvgIpc) is 3.19. The molecule has 1 amide bonds. The van der Waals surface area contributed by atoms with Crippen LogP contribution in [0.4, 0.5) is 5.82 Å². The normalized spacial score (nSPS) is 15.4. The molecule has 1 aromatic carbocycles. The minimum absolute atomic E-state index is 0.191. The van der Waals surface area contributed by atoms with E-state index in [2.05, 4.69) is 39.6 Å². The third-order valence-corrected chi connectivity index (χ3v) is 5.70. The van der Waals surface area contributed by atoms with Crippen molar-refractivity contribution in [3.8, 4) is 11.1 Å². The molecular weight excluding hydrogens is 390 g/mol. The first-order valence-corrected chi connectivity index (χ1v) is 10.8. The number of benzene rings is 1. The molecule has 8 nitrogen and oxygen atoms in total. The Hall–Kier alpha value is -2.97. The third-order valence-electron chi connectivity index (χ3n) is 5.70. The van der Waals surface area contributed by atoms with E-state index in [9.17, 15) is 4.79 Å². The fourth-order valence-electron chi connectivity index (χ4n) is 3.79. The summed E-state index contributed by atoms with van der Waals surface area (Å²) in [4.78, 5) is 23.8. The molecular formula is C23H31N7O. The second-order valence-corrected chi connectivity index (χ2v) is 8.34. The number of likely N-dealkylation sites (N-methyl/N-ethyl adjacent to an activating group) is 1. The molecule has 0 saturated carbocycles. The number of anilines is 1. The molecule has 8 heteroatoms. The number of carbonyl (C=O) groups is 1. The molecule has 4 bridgehead atoms. The Morgan fingerprint density at radius 3 is 2.90 bits per heavy atom. The minimum Gasteiger partial charge on any atom is -0.358 e. The van der Waals surface area contributed by atoms with E-state index in [4.69, 9.17) is 4.98 Å². The van der Waals surface area contributed by atoms with Gasteiger partial charge < -0.3 is 20.0 Å². The van der Waals surface area contributed by atoms with Gasteiger partial charge in [-0.1, -0.05) is 18.2 Å². The van der Waals surface area contributed by atoms with Gasteiger partial charge in [0.15, 0.2) is 5.65 Å². The predicted octanol–water partition coefficient (Wildman–Crippen LogP) is 1.72. The van der Waals surface area contributed by atoms with E-state index >= 15 is 0 Å². The standard InChI is InChI=1S/C23H31N7O/c1-27(2)10-8-22(31)29-12-9-24-16-18-5-4-6-19(15-18)20-17-25-30-11-7-21(26-23(20)30)28(3)13-14-29/h4-7,11,15,17,24H,8-10,12-14,16H2,1-3H3. The number of amides is 1. The van der Waals surface area contributed by atoms with Gasteiger partial charge in [-0.3, -0.25) is 4.79 Å². The molecule has 0 fully saturated rings. The number of nitrogens with one attached hydrogen (secondary N) is 1. The quantitative estimate of drug-likeness (QED) is 0.695. The highest BCUT2D eigenvalue weighted by Gasteiger charge is 2.16. The molecule has 3 aromatic rings. The van der Waals surface area contributed by atoms with Crippen LogP contribution in [0.25, 0.3) is 16.8 Å². The van der Waals surface area contributed by atoms with Crippen LogP contribution >= 0.6 is 0 Å². The number of hydrogen-bond donors (Lipinski definition) is 1. The maximum atomic E-state index is 12.8. The van der Waals surface area contributed by atoms with Crippen molar-refractivity contribution in [2.75, 3.05) is 58.8 Å². The molecule has 0 atom stereocenters. The van der Waals surface area contributed by atoms with E-state index in [0.717, 1.165) is 42.2 Å². The molecule has 0 aliphatic carbocycles. The number of fused-ring (bicyclic) bond motifs is 4. The minimum atomic E-state index is 0.191. The first kappa shape index (κ1) is 21.3. The zero-order chi connectivity index (χ0) is 21.8. The SMILES string of the molecule is CN(C)CCC(=O)N1CCNCc2cccc(c2)-c2cnn3ccc(nc23)N(C)CC1. The van der Waals surface area contributed by atoms with Crippen LogP contribution in [0.5, 0.6) is 0 Å². The Kier molecular flexibility index (Phi) is 6.48. The maximum absolute atomic E-state index is 12.8. The number of carbonyl (C=O) groups excluding carboxylic acids is 1. The molecule has 1 aliphatic heterocycles. The molecule has 0 saturated heterocycles. The molecule has 0 unspecified atom stereocenters. The fourth-order valence-corrected chi connectivity index (χ4v) is 3.79. The zero-order valence-corrected chi connectivity index (χ0v) is 18.6. The smallest absolute Gasteiger partial charge is 0.223 e. The van der Waals surface area contributed by atoms with Gasteiger partial charge in [0.2, 0.25) is 5.91 Å². The predicted molar refractivity (Wildman–Crippen MR) is 123 cm³/mol. The van der Waals surface area contributed by atoms with Crippen LogP contribution in [-0.4, -0.2) is 84.2 Å². The van der Waals surface area contributed by atoms with Crippen molar-refractivity contribution >= 4 is 17.4 Å². The summed E-state index contributed by atoms with van der Waals surface area (Å²) in [7, 11) is 6.01. The zero-order valence-electron chi connectivity index (χ0n) is 18.6. The lowest BCUT2D eigenvalue weighted by atomic mass is 10.1. The molecule has 0 radical (unpaired) electrons. The summed E-state index contributed by atoms with van der Waals surface area (Å²) in [6.45, 7) is 4.34. The second kappa shape index (κ2) is 9.45. The summed E-state index contributed by atoms with van der Waals surface area (Å²) in [5, 5.41) is 7.97. The van der Waals surface area contributed by atoms with Crippen molar-refractivity contribution in [2.24, 2.45) is 0 Å². The topological polar surface area (TPSA) is 69.0 Å². The van der Waals surface area contributed by atoms with Gasteiger partial charge in [-0.05, 0) is 37.4 Å². The van der Waals surface area contributed by atoms with Crippen LogP contribution in [0, 0.1) is 0 Å². The Labute approximate surface area is 183 Å². The van der Waals surface area contributed by atoms with Crippen molar-refractivity contribution in [3.63, 3.8) is 0 Å². The van der Waals surface area contributed by atoms with Crippen LogP contribution < -0.4 is 10.2 Å². The molecule has 1 aliphatic rings. The lowest BCUT2D eigenvalue weighted by molar-refractivity contribution is -0.131. The van der Waals surface area contributed by atoms with Gasteiger partial charge in [0.05, 0.1) is 6.20 Å². The van der Waals surface area contributed by atoms with Gasteiger partial charge in [-0.2, -0.15) is 5.10 Å². The van der Waals surface area contributed by atoms with E-state index in [-0.39, 0.29) is 5.91 Å². The monoisotopic (exact) mass is 421 g/mol. The maximum Gasteiger partial charge on any atom is 0.223 e. The molecule has 1 N–H and O–H groups in total. The van der Waals surface area contributed by atoms with E-state index in [1.165, 1.54) is 5.56 Å². The van der Waals surface area contributed by atoms with Crippen LogP contribution in [0.15, 0.2) is 42.7 Å². The van der Waals surface area contributed by atoms with E-state index in [1.807, 2.05) is 53.9 Å². The van der Waals surface area contributed by atoms with Gasteiger partial charge in [-0.15, -0.1) is 0 Å². The van der Waals surface area contributed by atoms with Gasteiger partial charge in [0.1, 0.15) is 5.82 Å². The number of aromatic nitrogens is 3. The van der Waals surface area contributed by atoms with Crippen molar-refractivity contribution in [3.05, 3.63) is 48.3 Å². The van der Waals surface area contributed by atoms with Crippen molar-refractivity contribution < 1.29 is 4.79 Å². The highest BCUT2D eigenvalue weighted by atomic mass is 16.2. The van der Waals surface area contributed by atoms with Crippen LogP contribution in [0.1, 0.15) is 12.0 Å². The molecule has 164 valence electrons. The van der Waals surface area contributed by atoms with Gasteiger partial charge in [0.25, 0.3) is 0 Å². The summed E-state index contributed by atoms with van der Waals surface area (Å²) in [6, 6.07) is 10.4. The molecule has 0 spiro atoms. The second-order valence-electron chi connectivity index (χ2n) is 8.34. The Bertz CT molecular complexity index is 1050. The summed E-state index contributed by atoms with van der Waals surface area (Å²) in [5.41, 5.74) is 4.16. The van der Waals surface area contributed by atoms with Gasteiger partial charge in [-0.25, -0.2) is 9.50 Å². The van der Waals surface area contributed by atoms with E-state index < -0.39 is 0 Å². The molecule has 2 aromatic heterocycles.